The summed E-state index contributed by atoms with van der Waals surface area (Å²) in [6.45, 7) is 2.05. The molecule has 3 heteroatoms. The molecule has 90 valence electrons. The van der Waals surface area contributed by atoms with Crippen LogP contribution in [-0.2, 0) is 4.74 Å². The van der Waals surface area contributed by atoms with Crippen molar-refractivity contribution in [3.8, 4) is 0 Å². The molecule has 0 unspecified atom stereocenters. The molecule has 1 aromatic heterocycles. The normalized spacial score (nSPS) is 28.9. The van der Waals surface area contributed by atoms with E-state index in [2.05, 4.69) is 22.8 Å². The Balaban J connectivity index is 1.95. The zero-order valence-corrected chi connectivity index (χ0v) is 9.91. The minimum Gasteiger partial charge on any atom is -0.390 e. The molecule has 0 bridgehead atoms. The van der Waals surface area contributed by atoms with E-state index in [0.717, 1.165) is 6.42 Å². The quantitative estimate of drug-likeness (QED) is 0.862. The summed E-state index contributed by atoms with van der Waals surface area (Å²) in [4.78, 5) is 0. The third-order valence-corrected chi connectivity index (χ3v) is 3.55. The Morgan fingerprint density at radius 3 is 2.94 bits per heavy atom. The Hall–Kier alpha value is -1.32. The molecular weight excluding hydrogens is 214 g/mol. The van der Waals surface area contributed by atoms with Crippen molar-refractivity contribution in [2.75, 3.05) is 0 Å². The van der Waals surface area contributed by atoms with Crippen LogP contribution in [0, 0.1) is 0 Å². The van der Waals surface area contributed by atoms with Gasteiger partial charge >= 0.3 is 0 Å². The first-order chi connectivity index (χ1) is 8.29. The third kappa shape index (κ3) is 1.75. The van der Waals surface area contributed by atoms with Crippen LogP contribution >= 0.6 is 0 Å². The average molecular weight is 231 g/mol. The largest absolute Gasteiger partial charge is 0.390 e. The maximum atomic E-state index is 9.89. The second-order valence-electron chi connectivity index (χ2n) is 4.62. The van der Waals surface area contributed by atoms with Crippen molar-refractivity contribution in [2.45, 2.75) is 38.2 Å². The lowest BCUT2D eigenvalue weighted by atomic mass is 10.1. The predicted octanol–water partition coefficient (Wildman–Crippen LogP) is 2.70. The summed E-state index contributed by atoms with van der Waals surface area (Å²) in [7, 11) is 0. The van der Waals surface area contributed by atoms with E-state index in [9.17, 15) is 5.11 Å². The first-order valence-corrected chi connectivity index (χ1v) is 6.18. The number of ether oxygens (including phenoxy) is 1. The van der Waals surface area contributed by atoms with Crippen LogP contribution in [0.25, 0.3) is 10.9 Å². The van der Waals surface area contributed by atoms with Gasteiger partial charge in [0.1, 0.15) is 6.23 Å². The van der Waals surface area contributed by atoms with Crippen LogP contribution in [0.3, 0.4) is 0 Å². The van der Waals surface area contributed by atoms with Crippen LogP contribution in [0.2, 0.25) is 0 Å². The molecule has 3 nitrogen and oxygen atoms in total. The molecule has 1 aliphatic heterocycles. The number of hydrogen-bond acceptors (Lipinski definition) is 2. The van der Waals surface area contributed by atoms with Gasteiger partial charge in [0.15, 0.2) is 0 Å². The van der Waals surface area contributed by atoms with Crippen LogP contribution in [0.1, 0.15) is 26.0 Å². The van der Waals surface area contributed by atoms with Crippen molar-refractivity contribution in [3.63, 3.8) is 0 Å². The molecule has 2 aromatic rings. The number of aromatic nitrogens is 1. The summed E-state index contributed by atoms with van der Waals surface area (Å²) in [6.07, 6.45) is 3.18. The fraction of sp³-hybridized carbons (Fsp3) is 0.429. The van der Waals surface area contributed by atoms with Crippen molar-refractivity contribution in [2.24, 2.45) is 0 Å². The van der Waals surface area contributed by atoms with Gasteiger partial charge in [0.2, 0.25) is 0 Å². The van der Waals surface area contributed by atoms with Crippen LogP contribution in [0.15, 0.2) is 36.5 Å². The van der Waals surface area contributed by atoms with Crippen molar-refractivity contribution < 1.29 is 9.84 Å². The fourth-order valence-corrected chi connectivity index (χ4v) is 2.61. The van der Waals surface area contributed by atoms with Gasteiger partial charge in [0, 0.05) is 12.6 Å². The van der Waals surface area contributed by atoms with Gasteiger partial charge in [0.25, 0.3) is 0 Å². The second-order valence-corrected chi connectivity index (χ2v) is 4.62. The lowest BCUT2D eigenvalue weighted by Gasteiger charge is -2.15. The van der Waals surface area contributed by atoms with E-state index < -0.39 is 0 Å². The van der Waals surface area contributed by atoms with Crippen molar-refractivity contribution >= 4 is 10.9 Å². The maximum Gasteiger partial charge on any atom is 0.137 e. The zero-order chi connectivity index (χ0) is 11.8. The van der Waals surface area contributed by atoms with Crippen molar-refractivity contribution in [1.82, 2.24) is 4.57 Å². The molecule has 3 atom stereocenters. The monoisotopic (exact) mass is 231 g/mol. The summed E-state index contributed by atoms with van der Waals surface area (Å²) in [5.41, 5.74) is 1.17. The second kappa shape index (κ2) is 4.17. The Labute approximate surface area is 101 Å². The number of rotatable bonds is 2. The molecule has 0 radical (unpaired) electrons. The smallest absolute Gasteiger partial charge is 0.137 e. The standard InChI is InChI=1S/C14H17NO2/c1-2-13-12(16)9-14(17-13)15-8-7-10-5-3-4-6-11(10)15/h3-8,12-14,16H,2,9H2,1H3/t12-,13-,14-/m1/s1. The molecule has 0 saturated carbocycles. The number of hydrogen-bond donors (Lipinski definition) is 1. The first kappa shape index (κ1) is 10.8. The SMILES string of the molecule is CC[C@H]1O[C@@H](n2ccc3ccccc32)C[C@H]1O. The van der Waals surface area contributed by atoms with Crippen molar-refractivity contribution in [3.05, 3.63) is 36.5 Å². The minimum absolute atomic E-state index is 0.0267. The molecule has 0 amide bonds. The predicted molar refractivity (Wildman–Crippen MR) is 66.8 cm³/mol. The Morgan fingerprint density at radius 2 is 2.18 bits per heavy atom. The van der Waals surface area contributed by atoms with Crippen LogP contribution in [-0.4, -0.2) is 21.9 Å². The van der Waals surface area contributed by atoms with Gasteiger partial charge in [-0.15, -0.1) is 0 Å². The van der Waals surface area contributed by atoms with E-state index in [1.54, 1.807) is 0 Å². The van der Waals surface area contributed by atoms with E-state index in [-0.39, 0.29) is 18.4 Å². The van der Waals surface area contributed by atoms with Gasteiger partial charge in [-0.3, -0.25) is 0 Å². The summed E-state index contributed by atoms with van der Waals surface area (Å²) < 4.78 is 8.01. The highest BCUT2D eigenvalue weighted by Crippen LogP contribution is 2.32. The maximum absolute atomic E-state index is 9.89. The Bertz CT molecular complexity index is 520. The topological polar surface area (TPSA) is 34.4 Å². The van der Waals surface area contributed by atoms with E-state index in [0.29, 0.717) is 6.42 Å². The molecule has 0 spiro atoms. The molecule has 1 fully saturated rings. The molecule has 17 heavy (non-hydrogen) atoms. The molecular formula is C14H17NO2. The summed E-state index contributed by atoms with van der Waals surface area (Å²) in [5.74, 6) is 0. The van der Waals surface area contributed by atoms with E-state index in [1.165, 1.54) is 10.9 Å². The van der Waals surface area contributed by atoms with Gasteiger partial charge in [-0.2, -0.15) is 0 Å². The highest BCUT2D eigenvalue weighted by molar-refractivity contribution is 5.80. The number of nitrogens with zero attached hydrogens (tertiary/aromatic N) is 1. The summed E-state index contributed by atoms with van der Waals surface area (Å²) in [5, 5.41) is 11.1. The van der Waals surface area contributed by atoms with Gasteiger partial charge in [-0.1, -0.05) is 25.1 Å². The van der Waals surface area contributed by atoms with E-state index in [1.807, 2.05) is 25.3 Å². The van der Waals surface area contributed by atoms with E-state index in [4.69, 9.17) is 4.74 Å². The highest BCUT2D eigenvalue weighted by atomic mass is 16.5. The molecule has 1 saturated heterocycles. The minimum atomic E-state index is -0.342. The van der Waals surface area contributed by atoms with Gasteiger partial charge < -0.3 is 14.4 Å². The lowest BCUT2D eigenvalue weighted by molar-refractivity contribution is -0.0178. The van der Waals surface area contributed by atoms with Gasteiger partial charge in [0.05, 0.1) is 17.7 Å². The lowest BCUT2D eigenvalue weighted by Crippen LogP contribution is -2.19. The average Bonchev–Trinajstić information content (AvgIpc) is 2.92. The zero-order valence-electron chi connectivity index (χ0n) is 9.91. The molecule has 3 rings (SSSR count). The highest BCUT2D eigenvalue weighted by Gasteiger charge is 2.33. The number of aliphatic hydroxyl groups excluding tert-OH is 1. The molecule has 2 heterocycles. The fourth-order valence-electron chi connectivity index (χ4n) is 2.61. The molecule has 1 N–H and O–H groups in total. The van der Waals surface area contributed by atoms with Gasteiger partial charge in [-0.25, -0.2) is 0 Å². The number of aliphatic hydroxyl groups is 1. The van der Waals surface area contributed by atoms with Crippen LogP contribution in [0.5, 0.6) is 0 Å². The van der Waals surface area contributed by atoms with Crippen LogP contribution in [0.4, 0.5) is 0 Å². The number of fused-ring (bicyclic) bond motifs is 1. The summed E-state index contributed by atoms with van der Waals surface area (Å²) >= 11 is 0. The van der Waals surface area contributed by atoms with E-state index >= 15 is 0 Å². The van der Waals surface area contributed by atoms with Crippen LogP contribution < -0.4 is 0 Å². The number of benzene rings is 1. The summed E-state index contributed by atoms with van der Waals surface area (Å²) in [6, 6.07) is 10.3. The van der Waals surface area contributed by atoms with Gasteiger partial charge in [-0.05, 0) is 23.9 Å². The molecule has 1 aromatic carbocycles. The third-order valence-electron chi connectivity index (χ3n) is 3.55. The molecule has 0 aliphatic carbocycles. The molecule has 1 aliphatic rings. The first-order valence-electron chi connectivity index (χ1n) is 6.18. The number of para-hydroxylation sites is 1. The van der Waals surface area contributed by atoms with Crippen molar-refractivity contribution in [1.29, 1.82) is 0 Å². The Kier molecular flexibility index (Phi) is 2.65. The Morgan fingerprint density at radius 1 is 1.35 bits per heavy atom.